The highest BCUT2D eigenvalue weighted by Crippen LogP contribution is 2.30. The van der Waals surface area contributed by atoms with E-state index in [0.29, 0.717) is 28.2 Å². The first-order valence-corrected chi connectivity index (χ1v) is 8.63. The zero-order valence-corrected chi connectivity index (χ0v) is 16.0. The molecule has 134 valence electrons. The summed E-state index contributed by atoms with van der Waals surface area (Å²) in [7, 11) is 1.61. The fourth-order valence-corrected chi connectivity index (χ4v) is 2.73. The number of hydrogen-bond donors (Lipinski definition) is 2. The maximum Gasteiger partial charge on any atom is 0.229 e. The molecule has 0 bridgehead atoms. The second kappa shape index (κ2) is 7.62. The Morgan fingerprint density at radius 1 is 0.885 bits per heavy atom. The van der Waals surface area contributed by atoms with Gasteiger partial charge in [0.05, 0.1) is 12.8 Å². The van der Waals surface area contributed by atoms with Crippen molar-refractivity contribution < 1.29 is 4.74 Å². The third-order valence-electron chi connectivity index (χ3n) is 4.04. The van der Waals surface area contributed by atoms with Crippen LogP contribution in [-0.4, -0.2) is 17.1 Å². The smallest absolute Gasteiger partial charge is 0.229 e. The molecule has 1 aromatic heterocycles. The lowest BCUT2D eigenvalue weighted by molar-refractivity contribution is 0.417. The average molecular weight is 369 g/mol. The van der Waals surface area contributed by atoms with Gasteiger partial charge in [-0.15, -0.1) is 0 Å². The molecule has 2 N–H and O–H groups in total. The van der Waals surface area contributed by atoms with Crippen molar-refractivity contribution >= 4 is 34.7 Å². The van der Waals surface area contributed by atoms with Crippen LogP contribution in [0, 0.1) is 20.8 Å². The van der Waals surface area contributed by atoms with Gasteiger partial charge in [0.2, 0.25) is 5.95 Å². The fraction of sp³-hybridized carbons (Fsp3) is 0.200. The molecule has 6 heteroatoms. The Morgan fingerprint density at radius 2 is 1.69 bits per heavy atom. The number of ether oxygens (including phenoxy) is 1. The van der Waals surface area contributed by atoms with Gasteiger partial charge in [0.15, 0.2) is 0 Å². The summed E-state index contributed by atoms with van der Waals surface area (Å²) in [6, 6.07) is 13.5. The van der Waals surface area contributed by atoms with Gasteiger partial charge in [-0.05, 0) is 62.2 Å². The number of nitrogens with one attached hydrogen (secondary N) is 2. The van der Waals surface area contributed by atoms with E-state index in [1.54, 1.807) is 25.3 Å². The second-order valence-corrected chi connectivity index (χ2v) is 6.55. The van der Waals surface area contributed by atoms with Crippen molar-refractivity contribution in [3.05, 3.63) is 64.3 Å². The summed E-state index contributed by atoms with van der Waals surface area (Å²) < 4.78 is 5.36. The molecule has 5 nitrogen and oxygen atoms in total. The van der Waals surface area contributed by atoms with E-state index < -0.39 is 0 Å². The van der Waals surface area contributed by atoms with Crippen molar-refractivity contribution in [2.24, 2.45) is 0 Å². The van der Waals surface area contributed by atoms with Crippen LogP contribution in [0.1, 0.15) is 16.8 Å². The predicted octanol–water partition coefficient (Wildman–Crippen LogP) is 5.55. The van der Waals surface area contributed by atoms with E-state index in [4.69, 9.17) is 16.3 Å². The molecule has 0 atom stereocenters. The molecule has 0 aliphatic rings. The Labute approximate surface area is 158 Å². The van der Waals surface area contributed by atoms with Crippen molar-refractivity contribution in [1.29, 1.82) is 0 Å². The van der Waals surface area contributed by atoms with Crippen LogP contribution in [0.5, 0.6) is 5.75 Å². The number of nitrogens with zero attached hydrogens (tertiary/aromatic N) is 2. The Hall–Kier alpha value is -2.79. The number of benzene rings is 2. The number of anilines is 4. The molecule has 0 fully saturated rings. The summed E-state index contributed by atoms with van der Waals surface area (Å²) in [5.41, 5.74) is 5.02. The second-order valence-electron chi connectivity index (χ2n) is 6.11. The van der Waals surface area contributed by atoms with E-state index in [1.165, 1.54) is 11.1 Å². The normalized spacial score (nSPS) is 10.5. The number of hydrogen-bond acceptors (Lipinski definition) is 5. The van der Waals surface area contributed by atoms with Crippen molar-refractivity contribution in [2.45, 2.75) is 20.8 Å². The zero-order valence-electron chi connectivity index (χ0n) is 15.2. The van der Waals surface area contributed by atoms with E-state index in [0.717, 1.165) is 11.4 Å². The number of aryl methyl sites for hydroxylation is 3. The van der Waals surface area contributed by atoms with Gasteiger partial charge in [-0.25, -0.2) is 4.98 Å². The molecular weight excluding hydrogens is 348 g/mol. The molecule has 0 aliphatic heterocycles. The molecule has 0 saturated carbocycles. The molecular formula is C20H21ClN4O. The Morgan fingerprint density at radius 3 is 2.42 bits per heavy atom. The lowest BCUT2D eigenvalue weighted by Gasteiger charge is -2.13. The highest BCUT2D eigenvalue weighted by Gasteiger charge is 2.08. The van der Waals surface area contributed by atoms with Gasteiger partial charge < -0.3 is 15.4 Å². The monoisotopic (exact) mass is 368 g/mol. The molecule has 0 aliphatic carbocycles. The summed E-state index contributed by atoms with van der Waals surface area (Å²) in [4.78, 5) is 9.00. The molecule has 0 radical (unpaired) electrons. The van der Waals surface area contributed by atoms with Crippen LogP contribution >= 0.6 is 11.6 Å². The molecule has 3 rings (SSSR count). The SMILES string of the molecule is COc1ccc(Cl)cc1Nc1nc(C)cc(Nc2ccc(C)c(C)c2)n1. The van der Waals surface area contributed by atoms with Crippen molar-refractivity contribution in [3.63, 3.8) is 0 Å². The minimum absolute atomic E-state index is 0.469. The third kappa shape index (κ3) is 4.24. The van der Waals surface area contributed by atoms with Crippen LogP contribution in [0.3, 0.4) is 0 Å². The molecule has 2 aromatic carbocycles. The number of rotatable bonds is 5. The van der Waals surface area contributed by atoms with E-state index in [1.807, 2.05) is 19.1 Å². The summed E-state index contributed by atoms with van der Waals surface area (Å²) in [6.45, 7) is 6.10. The van der Waals surface area contributed by atoms with Crippen molar-refractivity contribution in [1.82, 2.24) is 9.97 Å². The maximum atomic E-state index is 6.09. The van der Waals surface area contributed by atoms with Crippen LogP contribution in [0.2, 0.25) is 5.02 Å². The van der Waals surface area contributed by atoms with Gasteiger partial charge in [0.1, 0.15) is 11.6 Å². The van der Waals surface area contributed by atoms with Gasteiger partial charge in [-0.2, -0.15) is 4.98 Å². The predicted molar refractivity (Wildman–Crippen MR) is 107 cm³/mol. The first kappa shape index (κ1) is 18.0. The van der Waals surface area contributed by atoms with E-state index >= 15 is 0 Å². The summed E-state index contributed by atoms with van der Waals surface area (Å²) in [6.07, 6.45) is 0. The van der Waals surface area contributed by atoms with E-state index in [-0.39, 0.29) is 0 Å². The summed E-state index contributed by atoms with van der Waals surface area (Å²) in [5, 5.41) is 7.12. The standard InChI is InChI=1S/C20H21ClN4O/c1-12-5-7-16(9-13(12)2)23-19-10-14(3)22-20(25-19)24-17-11-15(21)6-8-18(17)26-4/h5-11H,1-4H3,(H2,22,23,24,25). The Kier molecular flexibility index (Phi) is 5.28. The molecule has 0 unspecified atom stereocenters. The van der Waals surface area contributed by atoms with Crippen LogP contribution in [0.4, 0.5) is 23.1 Å². The van der Waals surface area contributed by atoms with E-state index in [2.05, 4.69) is 46.6 Å². The zero-order chi connectivity index (χ0) is 18.7. The summed E-state index contributed by atoms with van der Waals surface area (Å²) >= 11 is 6.09. The molecule has 3 aromatic rings. The van der Waals surface area contributed by atoms with Crippen LogP contribution in [-0.2, 0) is 0 Å². The highest BCUT2D eigenvalue weighted by molar-refractivity contribution is 6.31. The van der Waals surface area contributed by atoms with Crippen molar-refractivity contribution in [3.8, 4) is 5.75 Å². The maximum absolute atomic E-state index is 6.09. The molecule has 0 spiro atoms. The number of methoxy groups -OCH3 is 1. The molecule has 1 heterocycles. The Balaban J connectivity index is 1.88. The lowest BCUT2D eigenvalue weighted by atomic mass is 10.1. The van der Waals surface area contributed by atoms with Gasteiger partial charge in [0, 0.05) is 22.5 Å². The minimum Gasteiger partial charge on any atom is -0.495 e. The number of halogens is 1. The van der Waals surface area contributed by atoms with Crippen LogP contribution in [0.25, 0.3) is 0 Å². The third-order valence-corrected chi connectivity index (χ3v) is 4.28. The van der Waals surface area contributed by atoms with Crippen LogP contribution in [0.15, 0.2) is 42.5 Å². The van der Waals surface area contributed by atoms with Gasteiger partial charge in [-0.1, -0.05) is 17.7 Å². The topological polar surface area (TPSA) is 59.1 Å². The average Bonchev–Trinajstić information content (AvgIpc) is 2.58. The fourth-order valence-electron chi connectivity index (χ4n) is 2.55. The summed E-state index contributed by atoms with van der Waals surface area (Å²) in [5.74, 6) is 1.85. The lowest BCUT2D eigenvalue weighted by Crippen LogP contribution is -2.03. The molecule has 26 heavy (non-hydrogen) atoms. The first-order valence-electron chi connectivity index (χ1n) is 8.25. The van der Waals surface area contributed by atoms with Gasteiger partial charge in [0.25, 0.3) is 0 Å². The minimum atomic E-state index is 0.469. The Bertz CT molecular complexity index is 943. The largest absolute Gasteiger partial charge is 0.495 e. The molecule has 0 saturated heterocycles. The number of aromatic nitrogens is 2. The van der Waals surface area contributed by atoms with Gasteiger partial charge in [-0.3, -0.25) is 0 Å². The first-order chi connectivity index (χ1) is 12.4. The quantitative estimate of drug-likeness (QED) is 0.618. The van der Waals surface area contributed by atoms with Crippen molar-refractivity contribution in [2.75, 3.05) is 17.7 Å². The van der Waals surface area contributed by atoms with Crippen LogP contribution < -0.4 is 15.4 Å². The highest BCUT2D eigenvalue weighted by atomic mass is 35.5. The molecule has 0 amide bonds. The van der Waals surface area contributed by atoms with E-state index in [9.17, 15) is 0 Å². The van der Waals surface area contributed by atoms with Gasteiger partial charge >= 0.3 is 0 Å².